The second kappa shape index (κ2) is 4.46. The fraction of sp³-hybridized carbons (Fsp3) is 0.0769. The smallest absolute Gasteiger partial charge is 0.0161 e. The number of hydrogen-bond acceptors (Lipinski definition) is 0. The summed E-state index contributed by atoms with van der Waals surface area (Å²) in [5, 5.41) is 0. The van der Waals surface area contributed by atoms with Gasteiger partial charge in [-0.3, -0.25) is 0 Å². The van der Waals surface area contributed by atoms with Crippen molar-refractivity contribution in [1.29, 1.82) is 0 Å². The summed E-state index contributed by atoms with van der Waals surface area (Å²) in [5.41, 5.74) is 3.47. The van der Waals surface area contributed by atoms with Gasteiger partial charge in [-0.15, -0.1) is 0 Å². The standard InChI is InChI=1S/C13H14/c1-4-5-8-11(2)13-10-7-6-9-12(13)3/h4-10H,1-2H2,3H3/b8-5-. The normalized spacial score (nSPS) is 10.2. The molecule has 0 heterocycles. The van der Waals surface area contributed by atoms with Crippen molar-refractivity contribution in [2.45, 2.75) is 6.92 Å². The van der Waals surface area contributed by atoms with Gasteiger partial charge in [-0.1, -0.05) is 55.7 Å². The molecule has 1 aromatic carbocycles. The van der Waals surface area contributed by atoms with Crippen LogP contribution < -0.4 is 0 Å². The molecule has 1 rings (SSSR count). The molecule has 0 spiro atoms. The average molecular weight is 170 g/mol. The lowest BCUT2D eigenvalue weighted by molar-refractivity contribution is 1.43. The van der Waals surface area contributed by atoms with E-state index >= 15 is 0 Å². The van der Waals surface area contributed by atoms with Crippen molar-refractivity contribution in [3.05, 3.63) is 66.8 Å². The third-order valence-electron chi connectivity index (χ3n) is 1.92. The molecule has 0 saturated carbocycles. The van der Waals surface area contributed by atoms with Gasteiger partial charge in [-0.25, -0.2) is 0 Å². The van der Waals surface area contributed by atoms with E-state index in [1.54, 1.807) is 6.08 Å². The molecule has 13 heavy (non-hydrogen) atoms. The zero-order chi connectivity index (χ0) is 9.68. The molecule has 0 N–H and O–H groups in total. The third kappa shape index (κ3) is 2.45. The van der Waals surface area contributed by atoms with Crippen molar-refractivity contribution >= 4 is 5.57 Å². The summed E-state index contributed by atoms with van der Waals surface area (Å²) < 4.78 is 0. The molecule has 0 aliphatic carbocycles. The van der Waals surface area contributed by atoms with Gasteiger partial charge in [0, 0.05) is 0 Å². The van der Waals surface area contributed by atoms with Crippen molar-refractivity contribution in [2.75, 3.05) is 0 Å². The molecule has 0 fully saturated rings. The highest BCUT2D eigenvalue weighted by Gasteiger charge is 1.96. The zero-order valence-electron chi connectivity index (χ0n) is 7.96. The topological polar surface area (TPSA) is 0 Å². The summed E-state index contributed by atoms with van der Waals surface area (Å²) in [6.45, 7) is 9.70. The molecule has 0 heteroatoms. The van der Waals surface area contributed by atoms with Crippen LogP contribution in [0.25, 0.3) is 5.57 Å². The fourth-order valence-corrected chi connectivity index (χ4v) is 1.21. The Morgan fingerprint density at radius 2 is 2.00 bits per heavy atom. The van der Waals surface area contributed by atoms with Crippen LogP contribution >= 0.6 is 0 Å². The van der Waals surface area contributed by atoms with E-state index in [1.165, 1.54) is 11.1 Å². The SMILES string of the molecule is C=C/C=C\C(=C)c1ccccc1C. The molecular weight excluding hydrogens is 156 g/mol. The maximum Gasteiger partial charge on any atom is -0.0161 e. The minimum atomic E-state index is 1.03. The van der Waals surface area contributed by atoms with E-state index in [4.69, 9.17) is 0 Å². The van der Waals surface area contributed by atoms with Crippen LogP contribution in [0.2, 0.25) is 0 Å². The minimum Gasteiger partial charge on any atom is -0.0991 e. The first kappa shape index (κ1) is 9.53. The molecule has 66 valence electrons. The summed E-state index contributed by atoms with van der Waals surface area (Å²) in [4.78, 5) is 0. The van der Waals surface area contributed by atoms with E-state index in [0.717, 1.165) is 5.57 Å². The van der Waals surface area contributed by atoms with Crippen molar-refractivity contribution in [2.24, 2.45) is 0 Å². The van der Waals surface area contributed by atoms with Crippen LogP contribution in [-0.4, -0.2) is 0 Å². The molecule has 0 radical (unpaired) electrons. The molecule has 0 nitrogen and oxygen atoms in total. The number of allylic oxidation sites excluding steroid dienone is 4. The second-order valence-corrected chi connectivity index (χ2v) is 2.93. The molecule has 0 bridgehead atoms. The summed E-state index contributed by atoms with van der Waals surface area (Å²) in [6, 6.07) is 8.21. The molecule has 1 aromatic rings. The van der Waals surface area contributed by atoms with Crippen LogP contribution in [0, 0.1) is 6.92 Å². The Morgan fingerprint density at radius 3 is 2.62 bits per heavy atom. The van der Waals surface area contributed by atoms with Gasteiger partial charge < -0.3 is 0 Å². The van der Waals surface area contributed by atoms with Crippen molar-refractivity contribution in [3.63, 3.8) is 0 Å². The van der Waals surface area contributed by atoms with Gasteiger partial charge in [-0.2, -0.15) is 0 Å². The van der Waals surface area contributed by atoms with Crippen LogP contribution in [0.4, 0.5) is 0 Å². The maximum absolute atomic E-state index is 3.99. The van der Waals surface area contributed by atoms with Gasteiger partial charge in [0.05, 0.1) is 0 Å². The molecular formula is C13H14. The van der Waals surface area contributed by atoms with Crippen molar-refractivity contribution < 1.29 is 0 Å². The van der Waals surface area contributed by atoms with Crippen LogP contribution in [0.15, 0.2) is 55.7 Å². The van der Waals surface area contributed by atoms with E-state index in [2.05, 4.69) is 32.2 Å². The lowest BCUT2D eigenvalue weighted by Crippen LogP contribution is -1.83. The Bertz CT molecular complexity index is 343. The highest BCUT2D eigenvalue weighted by atomic mass is 14.0. The van der Waals surface area contributed by atoms with Gasteiger partial charge >= 0.3 is 0 Å². The predicted molar refractivity (Wildman–Crippen MR) is 59.6 cm³/mol. The summed E-state index contributed by atoms with van der Waals surface area (Å²) in [7, 11) is 0. The van der Waals surface area contributed by atoms with Crippen LogP contribution in [-0.2, 0) is 0 Å². The summed E-state index contributed by atoms with van der Waals surface area (Å²) in [6.07, 6.45) is 5.62. The molecule has 0 unspecified atom stereocenters. The Morgan fingerprint density at radius 1 is 1.31 bits per heavy atom. The maximum atomic E-state index is 3.99. The molecule has 0 aliphatic heterocycles. The first-order valence-electron chi connectivity index (χ1n) is 4.29. The van der Waals surface area contributed by atoms with Crippen molar-refractivity contribution in [1.82, 2.24) is 0 Å². The zero-order valence-corrected chi connectivity index (χ0v) is 7.96. The third-order valence-corrected chi connectivity index (χ3v) is 1.92. The molecule has 0 aromatic heterocycles. The second-order valence-electron chi connectivity index (χ2n) is 2.93. The predicted octanol–water partition coefficient (Wildman–Crippen LogP) is 3.75. The minimum absolute atomic E-state index is 1.03. The Kier molecular flexibility index (Phi) is 3.27. The Labute approximate surface area is 79.9 Å². The number of hydrogen-bond donors (Lipinski definition) is 0. The highest BCUT2D eigenvalue weighted by Crippen LogP contribution is 2.17. The molecule has 0 saturated heterocycles. The summed E-state index contributed by atoms with van der Waals surface area (Å²) in [5.74, 6) is 0. The first-order valence-corrected chi connectivity index (χ1v) is 4.29. The van der Waals surface area contributed by atoms with E-state index in [0.29, 0.717) is 0 Å². The van der Waals surface area contributed by atoms with Crippen LogP contribution in [0.5, 0.6) is 0 Å². The highest BCUT2D eigenvalue weighted by molar-refractivity contribution is 5.74. The molecule has 0 amide bonds. The monoisotopic (exact) mass is 170 g/mol. The van der Waals surface area contributed by atoms with Gasteiger partial charge in [0.25, 0.3) is 0 Å². The lowest BCUT2D eigenvalue weighted by Gasteiger charge is -2.03. The fourth-order valence-electron chi connectivity index (χ4n) is 1.21. The quantitative estimate of drug-likeness (QED) is 0.606. The van der Waals surface area contributed by atoms with Gasteiger partial charge in [-0.05, 0) is 23.6 Å². The van der Waals surface area contributed by atoms with Gasteiger partial charge in [0.15, 0.2) is 0 Å². The van der Waals surface area contributed by atoms with Gasteiger partial charge in [0.2, 0.25) is 0 Å². The average Bonchev–Trinajstić information content (AvgIpc) is 2.15. The number of benzene rings is 1. The van der Waals surface area contributed by atoms with E-state index in [1.807, 2.05) is 24.3 Å². The van der Waals surface area contributed by atoms with Gasteiger partial charge in [0.1, 0.15) is 0 Å². The van der Waals surface area contributed by atoms with Crippen LogP contribution in [0.3, 0.4) is 0 Å². The Balaban J connectivity index is 2.95. The van der Waals surface area contributed by atoms with E-state index in [9.17, 15) is 0 Å². The van der Waals surface area contributed by atoms with E-state index in [-0.39, 0.29) is 0 Å². The van der Waals surface area contributed by atoms with E-state index < -0.39 is 0 Å². The Hall–Kier alpha value is -1.56. The molecule has 0 aliphatic rings. The number of aryl methyl sites for hydroxylation is 1. The lowest BCUT2D eigenvalue weighted by atomic mass is 10.0. The first-order chi connectivity index (χ1) is 6.25. The number of rotatable bonds is 3. The summed E-state index contributed by atoms with van der Waals surface area (Å²) >= 11 is 0. The largest absolute Gasteiger partial charge is 0.0991 e. The van der Waals surface area contributed by atoms with Crippen LogP contribution in [0.1, 0.15) is 11.1 Å². The van der Waals surface area contributed by atoms with Crippen molar-refractivity contribution in [3.8, 4) is 0 Å². The molecule has 0 atom stereocenters.